The van der Waals surface area contributed by atoms with Crippen molar-refractivity contribution in [3.8, 4) is 5.75 Å². The Kier molecular flexibility index (Phi) is 7.03. The molecule has 0 radical (unpaired) electrons. The van der Waals surface area contributed by atoms with Gasteiger partial charge in [-0.25, -0.2) is 10.2 Å². The third-order valence-corrected chi connectivity index (χ3v) is 4.69. The van der Waals surface area contributed by atoms with Gasteiger partial charge in [0.15, 0.2) is 0 Å². The van der Waals surface area contributed by atoms with Gasteiger partial charge < -0.3 is 14.5 Å². The van der Waals surface area contributed by atoms with Gasteiger partial charge in [-0.05, 0) is 55.3 Å². The zero-order valence-electron chi connectivity index (χ0n) is 16.4. The van der Waals surface area contributed by atoms with Crippen LogP contribution in [-0.4, -0.2) is 24.6 Å². The van der Waals surface area contributed by atoms with Crippen molar-refractivity contribution in [2.45, 2.75) is 13.8 Å². The Balaban J connectivity index is 1.62. The highest BCUT2D eigenvalue weighted by Gasteiger charge is 2.14. The van der Waals surface area contributed by atoms with E-state index < -0.39 is 5.97 Å². The number of ether oxygens (including phenoxy) is 1. The molecule has 154 valence electrons. The summed E-state index contributed by atoms with van der Waals surface area (Å²) in [5, 5.41) is 7.09. The van der Waals surface area contributed by atoms with E-state index in [9.17, 15) is 9.59 Å². The van der Waals surface area contributed by atoms with Crippen LogP contribution in [0.4, 0.5) is 5.69 Å². The monoisotopic (exact) mass is 469 g/mol. The van der Waals surface area contributed by atoms with E-state index in [0.29, 0.717) is 5.56 Å². The van der Waals surface area contributed by atoms with Gasteiger partial charge in [-0.3, -0.25) is 4.79 Å². The lowest BCUT2D eigenvalue weighted by Gasteiger charge is -2.11. The summed E-state index contributed by atoms with van der Waals surface area (Å²) in [7, 11) is 0. The van der Waals surface area contributed by atoms with E-state index in [1.807, 2.05) is 32.0 Å². The molecule has 1 aromatic heterocycles. The van der Waals surface area contributed by atoms with Gasteiger partial charge in [0.25, 0.3) is 5.91 Å². The summed E-state index contributed by atoms with van der Waals surface area (Å²) in [5.74, 6) is -0.560. The van der Waals surface area contributed by atoms with Gasteiger partial charge in [0.2, 0.25) is 5.76 Å². The van der Waals surface area contributed by atoms with E-state index in [1.165, 1.54) is 18.5 Å². The van der Waals surface area contributed by atoms with E-state index in [1.54, 1.807) is 24.3 Å². The van der Waals surface area contributed by atoms with E-state index in [4.69, 9.17) is 9.15 Å². The maximum Gasteiger partial charge on any atom is 0.379 e. The lowest BCUT2D eigenvalue weighted by atomic mass is 10.1. The number of halogens is 1. The first-order valence-electron chi connectivity index (χ1n) is 9.11. The number of hydrazone groups is 1. The number of carbonyl (C=O) groups excluding carboxylic acids is 2. The average molecular weight is 470 g/mol. The maximum absolute atomic E-state index is 12.1. The molecule has 0 spiro atoms. The molecule has 3 aromatic rings. The minimum atomic E-state index is -0.626. The number of carbonyl (C=O) groups is 2. The topological polar surface area (TPSA) is 92.9 Å². The fourth-order valence-corrected chi connectivity index (χ4v) is 3.11. The third-order valence-electron chi connectivity index (χ3n) is 4.20. The zero-order chi connectivity index (χ0) is 21.5. The van der Waals surface area contributed by atoms with Gasteiger partial charge in [0.1, 0.15) is 5.75 Å². The molecule has 8 heteroatoms. The van der Waals surface area contributed by atoms with Crippen LogP contribution < -0.4 is 15.5 Å². The smallest absolute Gasteiger partial charge is 0.379 e. The molecule has 2 aromatic carbocycles. The number of nitrogens with zero attached hydrogens (tertiary/aromatic N) is 1. The molecule has 0 saturated carbocycles. The summed E-state index contributed by atoms with van der Waals surface area (Å²) in [4.78, 5) is 24.2. The average Bonchev–Trinajstić information content (AvgIpc) is 3.24. The summed E-state index contributed by atoms with van der Waals surface area (Å²) in [6.45, 7) is 4.02. The fourth-order valence-electron chi connectivity index (χ4n) is 2.73. The molecule has 0 fully saturated rings. The number of nitrogens with one attached hydrogen (secondary N) is 2. The van der Waals surface area contributed by atoms with Crippen LogP contribution in [0.15, 0.2) is 68.8 Å². The minimum absolute atomic E-state index is 0.0713. The molecule has 7 nitrogen and oxygen atoms in total. The van der Waals surface area contributed by atoms with Crippen LogP contribution in [-0.2, 0) is 4.79 Å². The number of hydrogen-bond donors (Lipinski definition) is 2. The highest BCUT2D eigenvalue weighted by Crippen LogP contribution is 2.23. The number of aryl methyl sites for hydroxylation is 2. The van der Waals surface area contributed by atoms with Crippen LogP contribution in [0.25, 0.3) is 0 Å². The second-order valence-corrected chi connectivity index (χ2v) is 7.38. The Bertz CT molecular complexity index is 1060. The Hall–Kier alpha value is -3.39. The van der Waals surface area contributed by atoms with Gasteiger partial charge in [-0.1, -0.05) is 34.1 Å². The molecular formula is C22H20BrN3O4. The first kappa shape index (κ1) is 21.3. The van der Waals surface area contributed by atoms with Crippen molar-refractivity contribution in [2.24, 2.45) is 5.10 Å². The molecule has 0 aliphatic carbocycles. The number of hydrogen-bond acceptors (Lipinski definition) is 6. The Morgan fingerprint density at radius 2 is 1.90 bits per heavy atom. The molecule has 0 atom stereocenters. The fraction of sp³-hybridized carbons (Fsp3) is 0.136. The zero-order valence-corrected chi connectivity index (χ0v) is 18.0. The molecule has 1 heterocycles. The number of esters is 1. The van der Waals surface area contributed by atoms with Crippen LogP contribution >= 0.6 is 15.9 Å². The van der Waals surface area contributed by atoms with Gasteiger partial charge >= 0.3 is 5.97 Å². The molecule has 30 heavy (non-hydrogen) atoms. The lowest BCUT2D eigenvalue weighted by molar-refractivity contribution is -0.119. The first-order valence-corrected chi connectivity index (χ1v) is 9.90. The number of amides is 1. The standard InChI is InChI=1S/C22H20BrN3O4/c1-14-5-3-6-15(2)21(14)24-13-20(27)26-25-12-16-11-17(23)8-9-18(16)30-22(28)19-7-4-10-29-19/h3-12,24H,13H2,1-2H3,(H,26,27)/b25-12+. The van der Waals surface area contributed by atoms with E-state index in [0.717, 1.165) is 21.3 Å². The molecule has 0 bridgehead atoms. The third kappa shape index (κ3) is 5.57. The number of para-hydroxylation sites is 1. The predicted molar refractivity (Wildman–Crippen MR) is 118 cm³/mol. The molecule has 0 aliphatic heterocycles. The Morgan fingerprint density at radius 3 is 2.60 bits per heavy atom. The van der Waals surface area contributed by atoms with Crippen molar-refractivity contribution in [2.75, 3.05) is 11.9 Å². The molecule has 1 amide bonds. The molecule has 0 unspecified atom stereocenters. The second kappa shape index (κ2) is 9.89. The molecule has 0 aliphatic rings. The Morgan fingerprint density at radius 1 is 1.13 bits per heavy atom. The number of benzene rings is 2. The SMILES string of the molecule is Cc1cccc(C)c1NCC(=O)N/N=C/c1cc(Br)ccc1OC(=O)c1ccco1. The summed E-state index contributed by atoms with van der Waals surface area (Å²) in [6, 6.07) is 14.1. The quantitative estimate of drug-likeness (QED) is 0.231. The summed E-state index contributed by atoms with van der Waals surface area (Å²) >= 11 is 3.37. The summed E-state index contributed by atoms with van der Waals surface area (Å²) in [5.41, 5.74) is 6.01. The van der Waals surface area contributed by atoms with Crippen molar-refractivity contribution in [1.29, 1.82) is 0 Å². The summed E-state index contributed by atoms with van der Waals surface area (Å²) in [6.07, 6.45) is 2.80. The van der Waals surface area contributed by atoms with Gasteiger partial charge in [-0.15, -0.1) is 0 Å². The van der Waals surface area contributed by atoms with E-state index >= 15 is 0 Å². The number of furan rings is 1. The van der Waals surface area contributed by atoms with Crippen molar-refractivity contribution in [3.05, 3.63) is 81.7 Å². The van der Waals surface area contributed by atoms with Crippen LogP contribution in [0.3, 0.4) is 0 Å². The van der Waals surface area contributed by atoms with E-state index in [-0.39, 0.29) is 24.0 Å². The van der Waals surface area contributed by atoms with Gasteiger partial charge in [-0.2, -0.15) is 5.10 Å². The number of rotatable bonds is 7. The largest absolute Gasteiger partial charge is 0.457 e. The minimum Gasteiger partial charge on any atom is -0.457 e. The molecule has 2 N–H and O–H groups in total. The second-order valence-electron chi connectivity index (χ2n) is 6.46. The van der Waals surface area contributed by atoms with Gasteiger partial charge in [0, 0.05) is 15.7 Å². The lowest BCUT2D eigenvalue weighted by Crippen LogP contribution is -2.26. The van der Waals surface area contributed by atoms with Crippen LogP contribution in [0.2, 0.25) is 0 Å². The Labute approximate surface area is 182 Å². The van der Waals surface area contributed by atoms with Crippen LogP contribution in [0.5, 0.6) is 5.75 Å². The van der Waals surface area contributed by atoms with Crippen LogP contribution in [0, 0.1) is 13.8 Å². The normalized spacial score (nSPS) is 10.8. The highest BCUT2D eigenvalue weighted by molar-refractivity contribution is 9.10. The van der Waals surface area contributed by atoms with E-state index in [2.05, 4.69) is 31.8 Å². The van der Waals surface area contributed by atoms with Crippen molar-refractivity contribution >= 4 is 39.7 Å². The molecule has 3 rings (SSSR count). The van der Waals surface area contributed by atoms with Crippen molar-refractivity contribution in [3.63, 3.8) is 0 Å². The molecule has 0 saturated heterocycles. The first-order chi connectivity index (χ1) is 14.4. The maximum atomic E-state index is 12.1. The van der Waals surface area contributed by atoms with Crippen LogP contribution in [0.1, 0.15) is 27.2 Å². The predicted octanol–water partition coefficient (Wildman–Crippen LogP) is 4.44. The van der Waals surface area contributed by atoms with Crippen molar-refractivity contribution in [1.82, 2.24) is 5.43 Å². The summed E-state index contributed by atoms with van der Waals surface area (Å²) < 4.78 is 11.2. The van der Waals surface area contributed by atoms with Gasteiger partial charge in [0.05, 0.1) is 19.0 Å². The molecular weight excluding hydrogens is 450 g/mol. The number of anilines is 1. The van der Waals surface area contributed by atoms with Crippen molar-refractivity contribution < 1.29 is 18.7 Å². The highest BCUT2D eigenvalue weighted by atomic mass is 79.9.